The molecule has 0 radical (unpaired) electrons. The molecule has 4 heteroatoms. The van der Waals surface area contributed by atoms with Crippen molar-refractivity contribution in [2.24, 2.45) is 5.92 Å². The first-order valence-corrected chi connectivity index (χ1v) is 8.30. The standard InChI is InChI=1S/C16H26N2O2/c19-14-8-12-18(11-4-5-13-6-7-13)15(20)16(17-14)9-2-1-3-10-16/h13H,1-12H2,(H,17,19). The minimum absolute atomic E-state index is 0.0601. The molecule has 112 valence electrons. The van der Waals surface area contributed by atoms with Gasteiger partial charge in [0, 0.05) is 19.5 Å². The maximum atomic E-state index is 12.9. The minimum atomic E-state index is -0.564. The van der Waals surface area contributed by atoms with E-state index in [1.165, 1.54) is 25.7 Å². The molecule has 1 spiro atoms. The van der Waals surface area contributed by atoms with Gasteiger partial charge in [-0.1, -0.05) is 32.1 Å². The summed E-state index contributed by atoms with van der Waals surface area (Å²) < 4.78 is 0. The normalized spacial score (nSPS) is 26.5. The molecule has 0 aromatic rings. The molecule has 0 aromatic carbocycles. The molecule has 2 aliphatic carbocycles. The first-order valence-electron chi connectivity index (χ1n) is 8.30. The fourth-order valence-electron chi connectivity index (χ4n) is 3.71. The van der Waals surface area contributed by atoms with Crippen LogP contribution >= 0.6 is 0 Å². The Morgan fingerprint density at radius 1 is 1.15 bits per heavy atom. The van der Waals surface area contributed by atoms with Crippen LogP contribution in [0.1, 0.15) is 64.2 Å². The fourth-order valence-corrected chi connectivity index (χ4v) is 3.71. The van der Waals surface area contributed by atoms with Crippen LogP contribution in [0, 0.1) is 5.92 Å². The highest BCUT2D eigenvalue weighted by Gasteiger charge is 2.44. The third-order valence-corrected chi connectivity index (χ3v) is 5.13. The maximum absolute atomic E-state index is 12.9. The minimum Gasteiger partial charge on any atom is -0.342 e. The second kappa shape index (κ2) is 5.74. The van der Waals surface area contributed by atoms with Gasteiger partial charge in [0.2, 0.25) is 11.8 Å². The summed E-state index contributed by atoms with van der Waals surface area (Å²) in [6.07, 6.45) is 10.5. The predicted molar refractivity (Wildman–Crippen MR) is 77.1 cm³/mol. The van der Waals surface area contributed by atoms with Gasteiger partial charge in [-0.25, -0.2) is 0 Å². The molecule has 1 heterocycles. The van der Waals surface area contributed by atoms with E-state index < -0.39 is 5.54 Å². The Kier molecular flexibility index (Phi) is 3.99. The molecule has 0 bridgehead atoms. The SMILES string of the molecule is O=C1CCN(CCCC2CC2)C(=O)C2(CCCCC2)N1. The number of carbonyl (C=O) groups excluding carboxylic acids is 2. The van der Waals surface area contributed by atoms with Crippen molar-refractivity contribution < 1.29 is 9.59 Å². The van der Waals surface area contributed by atoms with Crippen molar-refractivity contribution in [1.29, 1.82) is 0 Å². The smallest absolute Gasteiger partial charge is 0.248 e. The lowest BCUT2D eigenvalue weighted by molar-refractivity contribution is -0.140. The predicted octanol–water partition coefficient (Wildman–Crippen LogP) is 2.23. The van der Waals surface area contributed by atoms with E-state index >= 15 is 0 Å². The zero-order valence-electron chi connectivity index (χ0n) is 12.3. The number of hydrogen-bond acceptors (Lipinski definition) is 2. The Hall–Kier alpha value is -1.06. The molecule has 0 unspecified atom stereocenters. The molecule has 1 N–H and O–H groups in total. The van der Waals surface area contributed by atoms with Crippen LogP contribution in [0.2, 0.25) is 0 Å². The van der Waals surface area contributed by atoms with Gasteiger partial charge in [0.1, 0.15) is 5.54 Å². The summed E-state index contributed by atoms with van der Waals surface area (Å²) in [5, 5.41) is 3.06. The summed E-state index contributed by atoms with van der Waals surface area (Å²) in [5.74, 6) is 1.17. The van der Waals surface area contributed by atoms with Crippen molar-refractivity contribution >= 4 is 11.8 Å². The molecule has 1 saturated heterocycles. The number of rotatable bonds is 4. The topological polar surface area (TPSA) is 49.4 Å². The largest absolute Gasteiger partial charge is 0.342 e. The summed E-state index contributed by atoms with van der Waals surface area (Å²) in [6.45, 7) is 1.45. The van der Waals surface area contributed by atoms with Crippen molar-refractivity contribution in [3.63, 3.8) is 0 Å². The van der Waals surface area contributed by atoms with Crippen molar-refractivity contribution in [3.05, 3.63) is 0 Å². The Bertz CT molecular complexity index is 384. The maximum Gasteiger partial charge on any atom is 0.248 e. The Morgan fingerprint density at radius 3 is 2.60 bits per heavy atom. The second-order valence-electron chi connectivity index (χ2n) is 6.82. The van der Waals surface area contributed by atoms with Crippen LogP contribution in [-0.4, -0.2) is 35.3 Å². The van der Waals surface area contributed by atoms with E-state index in [2.05, 4.69) is 5.32 Å². The van der Waals surface area contributed by atoms with E-state index in [-0.39, 0.29) is 11.8 Å². The highest BCUT2D eigenvalue weighted by Crippen LogP contribution is 2.34. The Labute approximate surface area is 121 Å². The second-order valence-corrected chi connectivity index (χ2v) is 6.82. The molecule has 2 amide bonds. The Morgan fingerprint density at radius 2 is 1.90 bits per heavy atom. The van der Waals surface area contributed by atoms with Gasteiger partial charge in [0.05, 0.1) is 0 Å². The van der Waals surface area contributed by atoms with E-state index in [9.17, 15) is 9.59 Å². The van der Waals surface area contributed by atoms with E-state index in [0.717, 1.165) is 44.6 Å². The van der Waals surface area contributed by atoms with Crippen LogP contribution in [0.3, 0.4) is 0 Å². The number of amides is 2. The van der Waals surface area contributed by atoms with Gasteiger partial charge in [-0.05, 0) is 31.6 Å². The summed E-state index contributed by atoms with van der Waals surface area (Å²) >= 11 is 0. The molecule has 3 aliphatic rings. The molecule has 20 heavy (non-hydrogen) atoms. The van der Waals surface area contributed by atoms with Gasteiger partial charge >= 0.3 is 0 Å². The van der Waals surface area contributed by atoms with Crippen molar-refractivity contribution in [2.45, 2.75) is 69.7 Å². The van der Waals surface area contributed by atoms with E-state index in [0.29, 0.717) is 13.0 Å². The molecule has 3 fully saturated rings. The van der Waals surface area contributed by atoms with E-state index in [1.54, 1.807) is 0 Å². The third-order valence-electron chi connectivity index (χ3n) is 5.13. The lowest BCUT2D eigenvalue weighted by atomic mass is 9.80. The number of carbonyl (C=O) groups is 2. The van der Waals surface area contributed by atoms with E-state index in [1.807, 2.05) is 4.90 Å². The van der Waals surface area contributed by atoms with Crippen LogP contribution in [0.25, 0.3) is 0 Å². The molecule has 2 saturated carbocycles. The zero-order chi connectivity index (χ0) is 14.0. The summed E-state index contributed by atoms with van der Waals surface area (Å²) in [4.78, 5) is 26.8. The first-order chi connectivity index (χ1) is 9.70. The summed E-state index contributed by atoms with van der Waals surface area (Å²) in [5.41, 5.74) is -0.564. The average molecular weight is 278 g/mol. The quantitative estimate of drug-likeness (QED) is 0.857. The van der Waals surface area contributed by atoms with Crippen LogP contribution in [-0.2, 0) is 9.59 Å². The van der Waals surface area contributed by atoms with Gasteiger partial charge in [-0.2, -0.15) is 0 Å². The van der Waals surface area contributed by atoms with Crippen LogP contribution in [0.15, 0.2) is 0 Å². The van der Waals surface area contributed by atoms with Gasteiger partial charge in [-0.15, -0.1) is 0 Å². The molecule has 1 aliphatic heterocycles. The highest BCUT2D eigenvalue weighted by molar-refractivity contribution is 5.93. The molecule has 0 atom stereocenters. The molecule has 3 rings (SSSR count). The Balaban J connectivity index is 1.65. The summed E-state index contributed by atoms with van der Waals surface area (Å²) in [7, 11) is 0. The van der Waals surface area contributed by atoms with Crippen LogP contribution < -0.4 is 5.32 Å². The van der Waals surface area contributed by atoms with Crippen molar-refractivity contribution in [1.82, 2.24) is 10.2 Å². The number of hydrogen-bond donors (Lipinski definition) is 1. The molecular formula is C16H26N2O2. The van der Waals surface area contributed by atoms with Gasteiger partial charge in [0.15, 0.2) is 0 Å². The molecule has 4 nitrogen and oxygen atoms in total. The molecule has 0 aromatic heterocycles. The van der Waals surface area contributed by atoms with Crippen LogP contribution in [0.5, 0.6) is 0 Å². The highest BCUT2D eigenvalue weighted by atomic mass is 16.2. The van der Waals surface area contributed by atoms with Crippen LogP contribution in [0.4, 0.5) is 0 Å². The number of nitrogens with zero attached hydrogens (tertiary/aromatic N) is 1. The zero-order valence-corrected chi connectivity index (χ0v) is 12.3. The monoisotopic (exact) mass is 278 g/mol. The van der Waals surface area contributed by atoms with Crippen molar-refractivity contribution in [2.75, 3.05) is 13.1 Å². The molecular weight excluding hydrogens is 252 g/mol. The van der Waals surface area contributed by atoms with Crippen molar-refractivity contribution in [3.8, 4) is 0 Å². The van der Waals surface area contributed by atoms with Gasteiger partial charge in [0.25, 0.3) is 0 Å². The average Bonchev–Trinajstić information content (AvgIpc) is 3.27. The lowest BCUT2D eigenvalue weighted by Crippen LogP contribution is -2.58. The van der Waals surface area contributed by atoms with E-state index in [4.69, 9.17) is 0 Å². The fraction of sp³-hybridized carbons (Fsp3) is 0.875. The summed E-state index contributed by atoms with van der Waals surface area (Å²) in [6, 6.07) is 0. The first kappa shape index (κ1) is 13.9. The third kappa shape index (κ3) is 2.99. The number of nitrogens with one attached hydrogen (secondary N) is 1. The van der Waals surface area contributed by atoms with Gasteiger partial charge < -0.3 is 10.2 Å². The van der Waals surface area contributed by atoms with Gasteiger partial charge in [-0.3, -0.25) is 9.59 Å². The lowest BCUT2D eigenvalue weighted by Gasteiger charge is -2.38.